The zero-order chi connectivity index (χ0) is 13.7. The topological polar surface area (TPSA) is 15.7 Å². The zero-order valence-corrected chi connectivity index (χ0v) is 12.8. The minimum atomic E-state index is -0.311. The van der Waals surface area contributed by atoms with Crippen LogP contribution in [0.2, 0.25) is 0 Å². The molecule has 19 heavy (non-hydrogen) atoms. The summed E-state index contributed by atoms with van der Waals surface area (Å²) in [5, 5.41) is 0. The van der Waals surface area contributed by atoms with Crippen molar-refractivity contribution < 1.29 is 9.13 Å². The molecule has 0 bridgehead atoms. The van der Waals surface area contributed by atoms with Gasteiger partial charge in [-0.3, -0.25) is 0 Å². The van der Waals surface area contributed by atoms with Crippen molar-refractivity contribution in [3.63, 3.8) is 0 Å². The van der Waals surface area contributed by atoms with Crippen LogP contribution in [0, 0.1) is 5.82 Å². The van der Waals surface area contributed by atoms with Crippen molar-refractivity contribution in [3.8, 4) is 5.75 Å². The van der Waals surface area contributed by atoms with Gasteiger partial charge in [0.1, 0.15) is 0 Å². The molecule has 3 nitrogen and oxygen atoms in total. The van der Waals surface area contributed by atoms with E-state index in [1.165, 1.54) is 6.07 Å². The molecule has 0 atom stereocenters. The number of piperazine rings is 1. The van der Waals surface area contributed by atoms with Gasteiger partial charge in [-0.2, -0.15) is 0 Å². The molecule has 1 saturated heterocycles. The Bertz CT molecular complexity index is 388. The van der Waals surface area contributed by atoms with Crippen LogP contribution in [-0.4, -0.2) is 56.2 Å². The summed E-state index contributed by atoms with van der Waals surface area (Å²) in [4.78, 5) is 4.77. The van der Waals surface area contributed by atoms with Crippen LogP contribution in [-0.2, 0) is 0 Å². The fraction of sp³-hybridized carbons (Fsp3) is 0.571. The lowest BCUT2D eigenvalue weighted by Gasteiger charge is -2.32. The van der Waals surface area contributed by atoms with E-state index in [4.69, 9.17) is 4.74 Å². The second kappa shape index (κ2) is 7.22. The molecule has 2 rings (SSSR count). The molecule has 1 aromatic carbocycles. The highest BCUT2D eigenvalue weighted by Crippen LogP contribution is 2.27. The number of benzene rings is 1. The molecule has 0 aliphatic carbocycles. The van der Waals surface area contributed by atoms with E-state index in [-0.39, 0.29) is 5.82 Å². The Balaban J connectivity index is 1.69. The third kappa shape index (κ3) is 4.44. The first-order valence-corrected chi connectivity index (χ1v) is 7.44. The van der Waals surface area contributed by atoms with Crippen LogP contribution in [0.3, 0.4) is 0 Å². The molecule has 0 saturated carbocycles. The molecule has 0 radical (unpaired) electrons. The predicted octanol–water partition coefficient (Wildman–Crippen LogP) is 2.60. The van der Waals surface area contributed by atoms with Gasteiger partial charge in [0.05, 0.1) is 11.1 Å². The maximum Gasteiger partial charge on any atom is 0.169 e. The normalized spacial score (nSPS) is 17.6. The predicted molar refractivity (Wildman–Crippen MR) is 78.1 cm³/mol. The van der Waals surface area contributed by atoms with E-state index < -0.39 is 0 Å². The van der Waals surface area contributed by atoms with Gasteiger partial charge < -0.3 is 14.5 Å². The van der Waals surface area contributed by atoms with E-state index >= 15 is 0 Å². The highest BCUT2D eigenvalue weighted by molar-refractivity contribution is 9.10. The summed E-state index contributed by atoms with van der Waals surface area (Å²) in [6.07, 6.45) is 0.921. The van der Waals surface area contributed by atoms with Crippen molar-refractivity contribution >= 4 is 15.9 Å². The molecule has 1 fully saturated rings. The SMILES string of the molecule is CN1CCN(CCCOc2c(F)cccc2Br)CC1. The van der Waals surface area contributed by atoms with Crippen LogP contribution in [0.15, 0.2) is 22.7 Å². The Hall–Kier alpha value is -0.650. The van der Waals surface area contributed by atoms with E-state index in [2.05, 4.69) is 32.8 Å². The number of hydrogen-bond donors (Lipinski definition) is 0. The summed E-state index contributed by atoms with van der Waals surface area (Å²) in [6.45, 7) is 6.03. The Morgan fingerprint density at radius 2 is 2.00 bits per heavy atom. The largest absolute Gasteiger partial charge is 0.489 e. The van der Waals surface area contributed by atoms with Crippen molar-refractivity contribution in [2.45, 2.75) is 6.42 Å². The van der Waals surface area contributed by atoms with Crippen LogP contribution < -0.4 is 4.74 Å². The molecule has 1 aliphatic heterocycles. The summed E-state index contributed by atoms with van der Waals surface area (Å²) in [6, 6.07) is 4.87. The number of rotatable bonds is 5. The highest BCUT2D eigenvalue weighted by atomic mass is 79.9. The first-order valence-electron chi connectivity index (χ1n) is 6.64. The molecule has 1 aliphatic rings. The third-order valence-corrected chi connectivity index (χ3v) is 4.00. The highest BCUT2D eigenvalue weighted by Gasteiger charge is 2.13. The van der Waals surface area contributed by atoms with E-state index in [0.717, 1.165) is 39.1 Å². The van der Waals surface area contributed by atoms with Crippen molar-refractivity contribution in [2.75, 3.05) is 46.4 Å². The molecule has 0 spiro atoms. The van der Waals surface area contributed by atoms with E-state index in [1.807, 2.05) is 0 Å². The van der Waals surface area contributed by atoms with Crippen LogP contribution in [0.1, 0.15) is 6.42 Å². The molecule has 0 amide bonds. The van der Waals surface area contributed by atoms with Crippen molar-refractivity contribution in [3.05, 3.63) is 28.5 Å². The quantitative estimate of drug-likeness (QED) is 0.772. The maximum absolute atomic E-state index is 13.5. The van der Waals surface area contributed by atoms with Crippen LogP contribution >= 0.6 is 15.9 Å². The minimum Gasteiger partial charge on any atom is -0.489 e. The van der Waals surface area contributed by atoms with Gasteiger partial charge in [-0.15, -0.1) is 0 Å². The van der Waals surface area contributed by atoms with E-state index in [0.29, 0.717) is 16.8 Å². The maximum atomic E-state index is 13.5. The fourth-order valence-corrected chi connectivity index (χ4v) is 2.61. The van der Waals surface area contributed by atoms with E-state index in [1.54, 1.807) is 12.1 Å². The van der Waals surface area contributed by atoms with E-state index in [9.17, 15) is 4.39 Å². The molecule has 0 N–H and O–H groups in total. The molecule has 0 unspecified atom stereocenters. The van der Waals surface area contributed by atoms with Crippen LogP contribution in [0.25, 0.3) is 0 Å². The fourth-order valence-electron chi connectivity index (χ4n) is 2.15. The van der Waals surface area contributed by atoms with Gasteiger partial charge in [-0.1, -0.05) is 6.07 Å². The molecule has 1 aromatic rings. The molecule has 1 heterocycles. The summed E-state index contributed by atoms with van der Waals surface area (Å²) in [5.74, 6) is 0.00912. The lowest BCUT2D eigenvalue weighted by atomic mass is 10.3. The standard InChI is InChI=1S/C14H20BrFN2O/c1-17-7-9-18(10-8-17)6-3-11-19-14-12(15)4-2-5-13(14)16/h2,4-5H,3,6-11H2,1H3. The molecular weight excluding hydrogens is 311 g/mol. The summed E-state index contributed by atoms with van der Waals surface area (Å²) in [5.41, 5.74) is 0. The number of ether oxygens (including phenoxy) is 1. The summed E-state index contributed by atoms with van der Waals surface area (Å²) < 4.78 is 19.7. The summed E-state index contributed by atoms with van der Waals surface area (Å²) >= 11 is 3.30. The van der Waals surface area contributed by atoms with Crippen LogP contribution in [0.5, 0.6) is 5.75 Å². The summed E-state index contributed by atoms with van der Waals surface area (Å²) in [7, 11) is 2.15. The van der Waals surface area contributed by atoms with Gasteiger partial charge in [0.15, 0.2) is 11.6 Å². The molecular formula is C14H20BrFN2O. The van der Waals surface area contributed by atoms with Crippen molar-refractivity contribution in [2.24, 2.45) is 0 Å². The average Bonchev–Trinajstić information content (AvgIpc) is 2.39. The number of halogens is 2. The Labute approximate surface area is 122 Å². The number of nitrogens with zero attached hydrogens (tertiary/aromatic N) is 2. The number of para-hydroxylation sites is 1. The lowest BCUT2D eigenvalue weighted by Crippen LogP contribution is -2.44. The van der Waals surface area contributed by atoms with Gasteiger partial charge in [-0.05, 0) is 41.5 Å². The zero-order valence-electron chi connectivity index (χ0n) is 11.2. The van der Waals surface area contributed by atoms with Gasteiger partial charge in [0, 0.05) is 32.7 Å². The average molecular weight is 331 g/mol. The van der Waals surface area contributed by atoms with Gasteiger partial charge in [0.25, 0.3) is 0 Å². The smallest absolute Gasteiger partial charge is 0.169 e. The third-order valence-electron chi connectivity index (χ3n) is 3.38. The molecule has 0 aromatic heterocycles. The number of hydrogen-bond acceptors (Lipinski definition) is 3. The second-order valence-corrected chi connectivity index (χ2v) is 5.75. The monoisotopic (exact) mass is 330 g/mol. The Morgan fingerprint density at radius 3 is 2.68 bits per heavy atom. The van der Waals surface area contributed by atoms with Gasteiger partial charge in [-0.25, -0.2) is 4.39 Å². The lowest BCUT2D eigenvalue weighted by molar-refractivity contribution is 0.145. The van der Waals surface area contributed by atoms with Crippen molar-refractivity contribution in [1.29, 1.82) is 0 Å². The molecule has 106 valence electrons. The van der Waals surface area contributed by atoms with Crippen LogP contribution in [0.4, 0.5) is 4.39 Å². The second-order valence-electron chi connectivity index (χ2n) is 4.90. The first kappa shape index (κ1) is 14.8. The molecule has 5 heteroatoms. The van der Waals surface area contributed by atoms with Gasteiger partial charge in [0.2, 0.25) is 0 Å². The minimum absolute atomic E-state index is 0.311. The number of likely N-dealkylation sites (N-methyl/N-ethyl adjacent to an activating group) is 1. The van der Waals surface area contributed by atoms with Gasteiger partial charge >= 0.3 is 0 Å². The Morgan fingerprint density at radius 1 is 1.26 bits per heavy atom. The Kier molecular flexibility index (Phi) is 5.60. The first-order chi connectivity index (χ1) is 9.16. The van der Waals surface area contributed by atoms with Crippen molar-refractivity contribution in [1.82, 2.24) is 9.80 Å².